The number of aromatic nitrogens is 2. The molecule has 2 unspecified atom stereocenters. The van der Waals surface area contributed by atoms with Crippen LogP contribution >= 0.6 is 0 Å². The molecule has 1 aliphatic carbocycles. The molecule has 2 atom stereocenters. The van der Waals surface area contributed by atoms with E-state index >= 15 is 0 Å². The number of rotatable bonds is 3. The number of amides is 1. The van der Waals surface area contributed by atoms with Gasteiger partial charge in [0.25, 0.3) is 0 Å². The zero-order valence-corrected chi connectivity index (χ0v) is 16.5. The number of carbonyl (C=O) groups excluding carboxylic acids is 1. The van der Waals surface area contributed by atoms with Gasteiger partial charge in [-0.15, -0.1) is 0 Å². The van der Waals surface area contributed by atoms with E-state index < -0.39 is 0 Å². The van der Waals surface area contributed by atoms with Crippen molar-refractivity contribution in [1.82, 2.24) is 25.7 Å². The lowest BCUT2D eigenvalue weighted by Gasteiger charge is -2.37. The SMILES string of the molecule is NC1CC(C(=O)N2CCN(c3nc(-c4ccccc4)nc4c3CCC4)CC2)NN1. The summed E-state index contributed by atoms with van der Waals surface area (Å²) >= 11 is 0. The summed E-state index contributed by atoms with van der Waals surface area (Å²) in [7, 11) is 0. The summed E-state index contributed by atoms with van der Waals surface area (Å²) in [6.45, 7) is 2.97. The molecule has 3 heterocycles. The van der Waals surface area contributed by atoms with Crippen LogP contribution in [0.15, 0.2) is 30.3 Å². The van der Waals surface area contributed by atoms with E-state index in [0.29, 0.717) is 19.5 Å². The largest absolute Gasteiger partial charge is 0.353 e. The quantitative estimate of drug-likeness (QED) is 0.696. The van der Waals surface area contributed by atoms with Crippen LogP contribution in [-0.2, 0) is 17.6 Å². The summed E-state index contributed by atoms with van der Waals surface area (Å²) in [5, 5.41) is 0. The molecule has 0 spiro atoms. The van der Waals surface area contributed by atoms with Gasteiger partial charge in [-0.3, -0.25) is 4.79 Å². The van der Waals surface area contributed by atoms with Crippen LogP contribution in [0.2, 0.25) is 0 Å². The van der Waals surface area contributed by atoms with E-state index in [9.17, 15) is 4.79 Å². The summed E-state index contributed by atoms with van der Waals surface area (Å²) in [5.74, 6) is 1.99. The second kappa shape index (κ2) is 7.70. The molecule has 29 heavy (non-hydrogen) atoms. The van der Waals surface area contributed by atoms with Gasteiger partial charge in [-0.2, -0.15) is 0 Å². The molecule has 2 aliphatic heterocycles. The molecule has 1 aromatic carbocycles. The highest BCUT2D eigenvalue weighted by Crippen LogP contribution is 2.32. The molecular weight excluding hydrogens is 366 g/mol. The number of hydrogen-bond acceptors (Lipinski definition) is 7. The molecule has 8 nitrogen and oxygen atoms in total. The zero-order chi connectivity index (χ0) is 19.8. The third-order valence-corrected chi connectivity index (χ3v) is 6.06. The fourth-order valence-electron chi connectivity index (χ4n) is 4.49. The Bertz CT molecular complexity index is 895. The van der Waals surface area contributed by atoms with E-state index in [4.69, 9.17) is 15.7 Å². The van der Waals surface area contributed by atoms with Crippen LogP contribution in [0.3, 0.4) is 0 Å². The third-order valence-electron chi connectivity index (χ3n) is 6.06. The van der Waals surface area contributed by atoms with Crippen molar-refractivity contribution in [1.29, 1.82) is 0 Å². The lowest BCUT2D eigenvalue weighted by Crippen LogP contribution is -2.54. The lowest BCUT2D eigenvalue weighted by atomic mass is 10.1. The number of aryl methyl sites for hydroxylation is 1. The monoisotopic (exact) mass is 393 g/mol. The van der Waals surface area contributed by atoms with Crippen molar-refractivity contribution < 1.29 is 4.79 Å². The van der Waals surface area contributed by atoms with Gasteiger partial charge in [0.2, 0.25) is 5.91 Å². The first-order valence-corrected chi connectivity index (χ1v) is 10.4. The van der Waals surface area contributed by atoms with Crippen LogP contribution in [-0.4, -0.2) is 59.2 Å². The number of nitrogens with zero attached hydrogens (tertiary/aromatic N) is 4. The van der Waals surface area contributed by atoms with Gasteiger partial charge in [0.1, 0.15) is 11.9 Å². The Hall–Kier alpha value is -2.55. The molecule has 2 fully saturated rings. The number of nitrogens with one attached hydrogen (secondary N) is 2. The van der Waals surface area contributed by atoms with Gasteiger partial charge in [0.05, 0.1) is 6.17 Å². The van der Waals surface area contributed by atoms with Crippen LogP contribution < -0.4 is 21.5 Å². The van der Waals surface area contributed by atoms with Gasteiger partial charge < -0.3 is 15.5 Å². The van der Waals surface area contributed by atoms with Crippen molar-refractivity contribution in [2.75, 3.05) is 31.1 Å². The van der Waals surface area contributed by atoms with Gasteiger partial charge in [-0.05, 0) is 19.3 Å². The molecule has 0 bridgehead atoms. The Kier molecular flexibility index (Phi) is 4.91. The van der Waals surface area contributed by atoms with Crippen molar-refractivity contribution in [2.24, 2.45) is 5.73 Å². The minimum Gasteiger partial charge on any atom is -0.353 e. The van der Waals surface area contributed by atoms with E-state index in [1.54, 1.807) is 0 Å². The predicted octanol–water partition coefficient (Wildman–Crippen LogP) is 0.432. The third kappa shape index (κ3) is 3.59. The van der Waals surface area contributed by atoms with Crippen molar-refractivity contribution in [3.8, 4) is 11.4 Å². The van der Waals surface area contributed by atoms with Crippen molar-refractivity contribution in [3.05, 3.63) is 41.6 Å². The Morgan fingerprint density at radius 2 is 1.83 bits per heavy atom. The van der Waals surface area contributed by atoms with Gasteiger partial charge in [-0.1, -0.05) is 30.3 Å². The van der Waals surface area contributed by atoms with Crippen LogP contribution in [0.1, 0.15) is 24.1 Å². The molecule has 152 valence electrons. The van der Waals surface area contributed by atoms with Crippen molar-refractivity contribution in [3.63, 3.8) is 0 Å². The second-order valence-corrected chi connectivity index (χ2v) is 8.01. The van der Waals surface area contributed by atoms with Crippen LogP contribution in [0.4, 0.5) is 5.82 Å². The maximum absolute atomic E-state index is 12.7. The standard InChI is InChI=1S/C21H27N7O/c22-18-13-17(25-26-18)21(29)28-11-9-27(10-12-28)20-15-7-4-8-16(15)23-19(24-20)14-5-2-1-3-6-14/h1-3,5-6,17-18,25-26H,4,7-13,22H2. The molecule has 1 aromatic heterocycles. The Labute approximate surface area is 170 Å². The average Bonchev–Trinajstić information content (AvgIpc) is 3.42. The summed E-state index contributed by atoms with van der Waals surface area (Å²) in [5.41, 5.74) is 15.3. The van der Waals surface area contributed by atoms with E-state index in [2.05, 4.69) is 27.9 Å². The van der Waals surface area contributed by atoms with Crippen LogP contribution in [0.5, 0.6) is 0 Å². The maximum atomic E-state index is 12.7. The number of anilines is 1. The number of nitrogens with two attached hydrogens (primary N) is 1. The van der Waals surface area contributed by atoms with Crippen molar-refractivity contribution in [2.45, 2.75) is 37.9 Å². The fourth-order valence-corrected chi connectivity index (χ4v) is 4.49. The highest BCUT2D eigenvalue weighted by atomic mass is 16.2. The highest BCUT2D eigenvalue weighted by Gasteiger charge is 2.33. The van der Waals surface area contributed by atoms with Gasteiger partial charge in [0.15, 0.2) is 5.82 Å². The first-order valence-electron chi connectivity index (χ1n) is 10.4. The zero-order valence-electron chi connectivity index (χ0n) is 16.5. The minimum atomic E-state index is -0.232. The Morgan fingerprint density at radius 1 is 1.03 bits per heavy atom. The topological polar surface area (TPSA) is 99.4 Å². The molecular formula is C21H27N7O. The van der Waals surface area contributed by atoms with Crippen LogP contribution in [0, 0.1) is 0 Å². The maximum Gasteiger partial charge on any atom is 0.241 e. The first kappa shape index (κ1) is 18.5. The van der Waals surface area contributed by atoms with E-state index in [1.807, 2.05) is 23.1 Å². The summed E-state index contributed by atoms with van der Waals surface area (Å²) in [4.78, 5) is 26.8. The molecule has 3 aliphatic rings. The lowest BCUT2D eigenvalue weighted by molar-refractivity contribution is -0.133. The fraction of sp³-hybridized carbons (Fsp3) is 0.476. The molecule has 2 saturated heterocycles. The summed E-state index contributed by atoms with van der Waals surface area (Å²) in [6.07, 6.45) is 3.65. The van der Waals surface area contributed by atoms with E-state index in [-0.39, 0.29) is 18.1 Å². The number of fused-ring (bicyclic) bond motifs is 1. The smallest absolute Gasteiger partial charge is 0.241 e. The molecule has 8 heteroatoms. The van der Waals surface area contributed by atoms with Crippen molar-refractivity contribution >= 4 is 11.7 Å². The highest BCUT2D eigenvalue weighted by molar-refractivity contribution is 5.82. The number of piperazine rings is 1. The molecule has 4 N–H and O–H groups in total. The van der Waals surface area contributed by atoms with E-state index in [1.165, 1.54) is 11.3 Å². The molecule has 1 amide bonds. The van der Waals surface area contributed by atoms with Crippen LogP contribution in [0.25, 0.3) is 11.4 Å². The second-order valence-electron chi connectivity index (χ2n) is 8.01. The molecule has 2 aromatic rings. The predicted molar refractivity (Wildman–Crippen MR) is 111 cm³/mol. The molecule has 5 rings (SSSR count). The normalized spacial score (nSPS) is 24.0. The average molecular weight is 393 g/mol. The Morgan fingerprint density at radius 3 is 2.55 bits per heavy atom. The summed E-state index contributed by atoms with van der Waals surface area (Å²) < 4.78 is 0. The first-order chi connectivity index (χ1) is 14.2. The summed E-state index contributed by atoms with van der Waals surface area (Å²) in [6, 6.07) is 9.94. The molecule has 0 radical (unpaired) electrons. The van der Waals surface area contributed by atoms with Gasteiger partial charge >= 0.3 is 0 Å². The van der Waals surface area contributed by atoms with Gasteiger partial charge in [0, 0.05) is 49.4 Å². The molecule has 0 saturated carbocycles. The van der Waals surface area contributed by atoms with Gasteiger partial charge in [-0.25, -0.2) is 20.8 Å². The minimum absolute atomic E-state index is 0.128. The van der Waals surface area contributed by atoms with E-state index in [0.717, 1.165) is 49.6 Å². The number of hydrogen-bond donors (Lipinski definition) is 3. The number of benzene rings is 1. The number of hydrazine groups is 1. The Balaban J connectivity index is 1.34. The number of carbonyl (C=O) groups is 1.